The SMILES string of the molecule is CCCCc1nnn(CCC)c1Br. The van der Waals surface area contributed by atoms with Gasteiger partial charge in [0.25, 0.3) is 0 Å². The molecule has 0 spiro atoms. The van der Waals surface area contributed by atoms with E-state index in [2.05, 4.69) is 40.1 Å². The van der Waals surface area contributed by atoms with Crippen molar-refractivity contribution in [3.8, 4) is 0 Å². The van der Waals surface area contributed by atoms with Crippen LogP contribution in [0.5, 0.6) is 0 Å². The summed E-state index contributed by atoms with van der Waals surface area (Å²) in [5, 5.41) is 8.22. The maximum atomic E-state index is 4.14. The van der Waals surface area contributed by atoms with Crippen LogP contribution >= 0.6 is 15.9 Å². The highest BCUT2D eigenvalue weighted by molar-refractivity contribution is 9.10. The lowest BCUT2D eigenvalue weighted by molar-refractivity contribution is 0.569. The molecular formula is C9H16BrN3. The molecule has 0 aromatic carbocycles. The molecule has 4 heteroatoms. The van der Waals surface area contributed by atoms with Gasteiger partial charge in [-0.25, -0.2) is 4.68 Å². The molecule has 0 amide bonds. The lowest BCUT2D eigenvalue weighted by Crippen LogP contribution is -1.99. The van der Waals surface area contributed by atoms with Gasteiger partial charge in [-0.3, -0.25) is 0 Å². The van der Waals surface area contributed by atoms with Crippen molar-refractivity contribution in [2.24, 2.45) is 0 Å². The smallest absolute Gasteiger partial charge is 0.127 e. The van der Waals surface area contributed by atoms with Crippen LogP contribution in [-0.2, 0) is 13.0 Å². The standard InChI is InChI=1S/C9H16BrN3/c1-3-5-6-8-9(10)13(7-4-2)12-11-8/h3-7H2,1-2H3. The van der Waals surface area contributed by atoms with Gasteiger partial charge < -0.3 is 0 Å². The molecule has 3 nitrogen and oxygen atoms in total. The van der Waals surface area contributed by atoms with Crippen molar-refractivity contribution in [1.82, 2.24) is 15.0 Å². The summed E-state index contributed by atoms with van der Waals surface area (Å²) in [7, 11) is 0. The fourth-order valence-corrected chi connectivity index (χ4v) is 1.72. The molecule has 74 valence electrons. The second-order valence-corrected chi connectivity index (χ2v) is 3.90. The Labute approximate surface area is 87.6 Å². The molecule has 13 heavy (non-hydrogen) atoms. The predicted octanol–water partition coefficient (Wildman–Crippen LogP) is 2.79. The lowest BCUT2D eigenvalue weighted by atomic mass is 10.2. The number of rotatable bonds is 5. The Morgan fingerprint density at radius 3 is 2.69 bits per heavy atom. The van der Waals surface area contributed by atoms with Crippen molar-refractivity contribution in [2.75, 3.05) is 0 Å². The summed E-state index contributed by atoms with van der Waals surface area (Å²) in [6.07, 6.45) is 4.51. The van der Waals surface area contributed by atoms with E-state index in [4.69, 9.17) is 0 Å². The van der Waals surface area contributed by atoms with Crippen molar-refractivity contribution < 1.29 is 0 Å². The third-order valence-electron chi connectivity index (χ3n) is 1.94. The van der Waals surface area contributed by atoms with E-state index in [0.29, 0.717) is 0 Å². The van der Waals surface area contributed by atoms with Crippen LogP contribution in [0.4, 0.5) is 0 Å². The minimum Gasteiger partial charge on any atom is -0.238 e. The summed E-state index contributed by atoms with van der Waals surface area (Å²) in [5.74, 6) is 0. The molecule has 0 aliphatic rings. The number of hydrogen-bond donors (Lipinski definition) is 0. The first-order chi connectivity index (χ1) is 6.29. The summed E-state index contributed by atoms with van der Waals surface area (Å²) in [5.41, 5.74) is 1.09. The molecule has 0 N–H and O–H groups in total. The molecule has 1 heterocycles. The Kier molecular flexibility index (Phi) is 4.42. The first-order valence-electron chi connectivity index (χ1n) is 4.87. The van der Waals surface area contributed by atoms with Crippen LogP contribution in [0.15, 0.2) is 4.60 Å². The second kappa shape index (κ2) is 5.37. The summed E-state index contributed by atoms with van der Waals surface area (Å²) in [6.45, 7) is 5.27. The van der Waals surface area contributed by atoms with E-state index in [1.807, 2.05) is 4.68 Å². The Morgan fingerprint density at radius 1 is 1.31 bits per heavy atom. The first-order valence-corrected chi connectivity index (χ1v) is 5.66. The van der Waals surface area contributed by atoms with Crippen LogP contribution in [0.2, 0.25) is 0 Å². The molecule has 0 saturated heterocycles. The Morgan fingerprint density at radius 2 is 2.08 bits per heavy atom. The van der Waals surface area contributed by atoms with Gasteiger partial charge in [-0.05, 0) is 35.2 Å². The number of halogens is 1. The zero-order valence-electron chi connectivity index (χ0n) is 8.26. The number of hydrogen-bond acceptors (Lipinski definition) is 2. The fourth-order valence-electron chi connectivity index (χ4n) is 1.19. The Balaban J connectivity index is 2.62. The van der Waals surface area contributed by atoms with Gasteiger partial charge in [0.1, 0.15) is 4.60 Å². The van der Waals surface area contributed by atoms with E-state index < -0.39 is 0 Å². The van der Waals surface area contributed by atoms with Crippen LogP contribution in [0.1, 0.15) is 38.8 Å². The summed E-state index contributed by atoms with van der Waals surface area (Å²) >= 11 is 3.52. The van der Waals surface area contributed by atoms with Crippen molar-refractivity contribution in [3.05, 3.63) is 10.3 Å². The van der Waals surface area contributed by atoms with Gasteiger partial charge in [0, 0.05) is 6.54 Å². The third-order valence-corrected chi connectivity index (χ3v) is 2.81. The first kappa shape index (κ1) is 10.7. The largest absolute Gasteiger partial charge is 0.238 e. The van der Waals surface area contributed by atoms with Crippen LogP contribution in [0.3, 0.4) is 0 Å². The quantitative estimate of drug-likeness (QED) is 0.799. The van der Waals surface area contributed by atoms with Gasteiger partial charge in [0.2, 0.25) is 0 Å². The molecule has 0 aliphatic heterocycles. The highest BCUT2D eigenvalue weighted by Gasteiger charge is 2.07. The van der Waals surface area contributed by atoms with Crippen molar-refractivity contribution in [3.63, 3.8) is 0 Å². The van der Waals surface area contributed by atoms with Crippen LogP contribution < -0.4 is 0 Å². The van der Waals surface area contributed by atoms with Crippen molar-refractivity contribution in [2.45, 2.75) is 46.1 Å². The topological polar surface area (TPSA) is 30.7 Å². The molecule has 0 unspecified atom stereocenters. The Hall–Kier alpha value is -0.380. The van der Waals surface area contributed by atoms with Gasteiger partial charge in [0.15, 0.2) is 0 Å². The third kappa shape index (κ3) is 2.79. The van der Waals surface area contributed by atoms with E-state index in [9.17, 15) is 0 Å². The average Bonchev–Trinajstić information content (AvgIpc) is 2.46. The summed E-state index contributed by atoms with van der Waals surface area (Å²) in [4.78, 5) is 0. The number of unbranched alkanes of at least 4 members (excludes halogenated alkanes) is 1. The van der Waals surface area contributed by atoms with E-state index in [1.54, 1.807) is 0 Å². The van der Waals surface area contributed by atoms with Gasteiger partial charge in [-0.2, -0.15) is 0 Å². The number of aryl methyl sites for hydroxylation is 2. The van der Waals surface area contributed by atoms with Gasteiger partial charge in [0.05, 0.1) is 5.69 Å². The van der Waals surface area contributed by atoms with E-state index in [0.717, 1.165) is 29.7 Å². The van der Waals surface area contributed by atoms with Crippen molar-refractivity contribution in [1.29, 1.82) is 0 Å². The maximum Gasteiger partial charge on any atom is 0.127 e. The van der Waals surface area contributed by atoms with E-state index in [-0.39, 0.29) is 0 Å². The van der Waals surface area contributed by atoms with E-state index in [1.165, 1.54) is 12.8 Å². The highest BCUT2D eigenvalue weighted by Crippen LogP contribution is 2.16. The zero-order valence-corrected chi connectivity index (χ0v) is 9.84. The minimum atomic E-state index is 0.944. The molecule has 0 aliphatic carbocycles. The average molecular weight is 246 g/mol. The van der Waals surface area contributed by atoms with Crippen LogP contribution in [-0.4, -0.2) is 15.0 Å². The fraction of sp³-hybridized carbons (Fsp3) is 0.778. The second-order valence-electron chi connectivity index (χ2n) is 3.15. The van der Waals surface area contributed by atoms with Crippen molar-refractivity contribution >= 4 is 15.9 Å². The maximum absolute atomic E-state index is 4.14. The molecular weight excluding hydrogens is 230 g/mol. The minimum absolute atomic E-state index is 0.944. The highest BCUT2D eigenvalue weighted by atomic mass is 79.9. The molecule has 0 radical (unpaired) electrons. The van der Waals surface area contributed by atoms with E-state index >= 15 is 0 Å². The molecule has 0 atom stereocenters. The number of nitrogens with zero attached hydrogens (tertiary/aromatic N) is 3. The monoisotopic (exact) mass is 245 g/mol. The number of aromatic nitrogens is 3. The molecule has 0 saturated carbocycles. The molecule has 1 aromatic rings. The Bertz CT molecular complexity index is 257. The molecule has 1 rings (SSSR count). The van der Waals surface area contributed by atoms with Gasteiger partial charge in [-0.15, -0.1) is 5.10 Å². The normalized spacial score (nSPS) is 10.7. The lowest BCUT2D eigenvalue weighted by Gasteiger charge is -1.98. The zero-order chi connectivity index (χ0) is 9.68. The summed E-state index contributed by atoms with van der Waals surface area (Å²) in [6, 6.07) is 0. The van der Waals surface area contributed by atoms with Crippen LogP contribution in [0, 0.1) is 0 Å². The predicted molar refractivity (Wildman–Crippen MR) is 56.6 cm³/mol. The van der Waals surface area contributed by atoms with Gasteiger partial charge >= 0.3 is 0 Å². The molecule has 0 bridgehead atoms. The van der Waals surface area contributed by atoms with Crippen LogP contribution in [0.25, 0.3) is 0 Å². The summed E-state index contributed by atoms with van der Waals surface area (Å²) < 4.78 is 2.98. The molecule has 1 aromatic heterocycles. The van der Waals surface area contributed by atoms with Gasteiger partial charge in [-0.1, -0.05) is 25.5 Å². The molecule has 0 fully saturated rings.